The molecule has 1 aliphatic rings. The van der Waals surface area contributed by atoms with Gasteiger partial charge in [-0.05, 0) is 26.0 Å². The highest BCUT2D eigenvalue weighted by Gasteiger charge is 2.25. The number of fused-ring (bicyclic) bond motifs is 1. The summed E-state index contributed by atoms with van der Waals surface area (Å²) in [6, 6.07) is 9.54. The van der Waals surface area contributed by atoms with Crippen LogP contribution in [0.5, 0.6) is 0 Å². The van der Waals surface area contributed by atoms with Gasteiger partial charge in [-0.3, -0.25) is 14.2 Å². The number of carbonyl (C=O) groups is 1. The Hall–Kier alpha value is -3.00. The molecule has 0 bridgehead atoms. The molecule has 0 spiro atoms. The van der Waals surface area contributed by atoms with E-state index >= 15 is 0 Å². The molecule has 2 atom stereocenters. The zero-order chi connectivity index (χ0) is 19.7. The molecule has 0 saturated carbocycles. The number of rotatable bonds is 4. The zero-order valence-corrected chi connectivity index (χ0v) is 16.0. The summed E-state index contributed by atoms with van der Waals surface area (Å²) in [4.78, 5) is 31.6. The van der Waals surface area contributed by atoms with Crippen molar-refractivity contribution < 1.29 is 9.53 Å². The Labute approximate surface area is 162 Å². The first-order valence-corrected chi connectivity index (χ1v) is 9.45. The molecule has 1 amide bonds. The van der Waals surface area contributed by atoms with Crippen LogP contribution in [0, 0.1) is 0 Å². The second kappa shape index (κ2) is 7.55. The molecule has 146 valence electrons. The van der Waals surface area contributed by atoms with Gasteiger partial charge in [0.2, 0.25) is 5.91 Å². The van der Waals surface area contributed by atoms with Crippen molar-refractivity contribution in [3.05, 3.63) is 53.2 Å². The summed E-state index contributed by atoms with van der Waals surface area (Å²) < 4.78 is 8.79. The van der Waals surface area contributed by atoms with Crippen LogP contribution in [-0.4, -0.2) is 55.4 Å². The summed E-state index contributed by atoms with van der Waals surface area (Å²) in [5.41, 5.74) is 1.16. The molecule has 1 aliphatic heterocycles. The second-order valence-electron chi connectivity index (χ2n) is 7.18. The number of nitrogens with zero attached hydrogens (tertiary/aromatic N) is 5. The minimum Gasteiger partial charge on any atom is -0.372 e. The van der Waals surface area contributed by atoms with E-state index in [9.17, 15) is 9.59 Å². The number of aromatic nitrogens is 4. The first-order valence-electron chi connectivity index (χ1n) is 9.45. The number of aryl methyl sites for hydroxylation is 1. The van der Waals surface area contributed by atoms with Crippen LogP contribution in [-0.2, 0) is 16.1 Å². The number of amides is 1. The van der Waals surface area contributed by atoms with Crippen LogP contribution in [0.2, 0.25) is 0 Å². The molecule has 0 radical (unpaired) electrons. The van der Waals surface area contributed by atoms with E-state index in [1.165, 1.54) is 17.1 Å². The molecule has 3 aromatic rings. The molecule has 1 fully saturated rings. The van der Waals surface area contributed by atoms with Crippen LogP contribution < -0.4 is 5.56 Å². The maximum Gasteiger partial charge on any atom is 0.264 e. The van der Waals surface area contributed by atoms with E-state index in [-0.39, 0.29) is 36.6 Å². The van der Waals surface area contributed by atoms with Gasteiger partial charge in [0, 0.05) is 26.1 Å². The number of para-hydroxylation sites is 1. The predicted molar refractivity (Wildman–Crippen MR) is 104 cm³/mol. The fourth-order valence-electron chi connectivity index (χ4n) is 3.62. The fourth-order valence-corrected chi connectivity index (χ4v) is 3.62. The summed E-state index contributed by atoms with van der Waals surface area (Å²) in [5.74, 6) is 0.0222. The Balaban J connectivity index is 1.52. The summed E-state index contributed by atoms with van der Waals surface area (Å²) in [6.07, 6.45) is 3.32. The molecule has 3 heterocycles. The molecule has 8 heteroatoms. The Bertz CT molecular complexity index is 1030. The van der Waals surface area contributed by atoms with E-state index < -0.39 is 0 Å². The normalized spacial score (nSPS) is 19.9. The largest absolute Gasteiger partial charge is 0.372 e. The van der Waals surface area contributed by atoms with Gasteiger partial charge < -0.3 is 9.64 Å². The fraction of sp³-hybridized carbons (Fsp3) is 0.400. The highest BCUT2D eigenvalue weighted by Crippen LogP contribution is 2.14. The first kappa shape index (κ1) is 18.4. The highest BCUT2D eigenvalue weighted by atomic mass is 16.5. The van der Waals surface area contributed by atoms with Crippen LogP contribution >= 0.6 is 0 Å². The summed E-state index contributed by atoms with van der Waals surface area (Å²) >= 11 is 0. The number of carbonyl (C=O) groups excluding carboxylic acids is 1. The lowest BCUT2D eigenvalue weighted by atomic mass is 10.2. The maximum absolute atomic E-state index is 12.8. The van der Waals surface area contributed by atoms with Gasteiger partial charge in [-0.25, -0.2) is 9.67 Å². The van der Waals surface area contributed by atoms with Gasteiger partial charge in [0.25, 0.3) is 5.56 Å². The first-order chi connectivity index (χ1) is 13.5. The molecule has 2 unspecified atom stereocenters. The van der Waals surface area contributed by atoms with Gasteiger partial charge in [-0.2, -0.15) is 5.10 Å². The number of benzene rings is 1. The van der Waals surface area contributed by atoms with E-state index in [1.54, 1.807) is 4.68 Å². The Morgan fingerprint density at radius 3 is 2.61 bits per heavy atom. The number of hydrogen-bond acceptors (Lipinski definition) is 5. The van der Waals surface area contributed by atoms with Crippen LogP contribution in [0.15, 0.2) is 47.7 Å². The third kappa shape index (κ3) is 3.55. The topological polar surface area (TPSA) is 82.3 Å². The average molecular weight is 381 g/mol. The Morgan fingerprint density at radius 2 is 1.89 bits per heavy atom. The monoisotopic (exact) mass is 381 g/mol. The maximum atomic E-state index is 12.8. The lowest BCUT2D eigenvalue weighted by Gasteiger charge is -2.35. The van der Waals surface area contributed by atoms with E-state index in [2.05, 4.69) is 10.1 Å². The zero-order valence-electron chi connectivity index (χ0n) is 16.0. The molecule has 1 aromatic carbocycles. The summed E-state index contributed by atoms with van der Waals surface area (Å²) in [6.45, 7) is 5.38. The van der Waals surface area contributed by atoms with Crippen molar-refractivity contribution in [2.75, 3.05) is 13.1 Å². The van der Waals surface area contributed by atoms with E-state index in [0.29, 0.717) is 24.1 Å². The minimum atomic E-state index is -0.191. The number of ether oxygens (including phenoxy) is 1. The predicted octanol–water partition coefficient (Wildman–Crippen LogP) is 1.61. The Kier molecular flexibility index (Phi) is 4.95. The third-order valence-corrected chi connectivity index (χ3v) is 4.89. The molecule has 4 rings (SSSR count). The third-order valence-electron chi connectivity index (χ3n) is 4.89. The highest BCUT2D eigenvalue weighted by molar-refractivity contribution is 5.77. The standard InChI is InChI=1S/C20H23N5O3/c1-14-11-24(12-15(2)28-14)18(26)8-9-23-13-21-19-17(20(23)27)10-22-25(19)16-6-4-3-5-7-16/h3-7,10,13-15H,8-9,11-12H2,1-2H3. The van der Waals surface area contributed by atoms with Crippen LogP contribution in [0.3, 0.4) is 0 Å². The number of morpholine rings is 1. The van der Waals surface area contributed by atoms with Gasteiger partial charge >= 0.3 is 0 Å². The van der Waals surface area contributed by atoms with E-state index in [4.69, 9.17) is 4.74 Å². The lowest BCUT2D eigenvalue weighted by Crippen LogP contribution is -2.48. The van der Waals surface area contributed by atoms with Crippen molar-refractivity contribution in [2.45, 2.75) is 39.0 Å². The molecule has 28 heavy (non-hydrogen) atoms. The quantitative estimate of drug-likeness (QED) is 0.686. The molecule has 2 aromatic heterocycles. The van der Waals surface area contributed by atoms with E-state index in [0.717, 1.165) is 5.69 Å². The molecule has 8 nitrogen and oxygen atoms in total. The minimum absolute atomic E-state index is 0.0222. The smallest absolute Gasteiger partial charge is 0.264 e. The number of hydrogen-bond donors (Lipinski definition) is 0. The lowest BCUT2D eigenvalue weighted by molar-refractivity contribution is -0.143. The molecular weight excluding hydrogens is 358 g/mol. The molecule has 0 aliphatic carbocycles. The van der Waals surface area contributed by atoms with Crippen molar-refractivity contribution in [3.8, 4) is 5.69 Å². The molecule has 0 N–H and O–H groups in total. The Morgan fingerprint density at radius 1 is 1.18 bits per heavy atom. The van der Waals surface area contributed by atoms with Crippen molar-refractivity contribution in [1.82, 2.24) is 24.2 Å². The second-order valence-corrected chi connectivity index (χ2v) is 7.18. The summed E-state index contributed by atoms with van der Waals surface area (Å²) in [5, 5.41) is 4.74. The van der Waals surface area contributed by atoms with Gasteiger partial charge in [0.1, 0.15) is 5.39 Å². The van der Waals surface area contributed by atoms with Gasteiger partial charge in [-0.1, -0.05) is 18.2 Å². The van der Waals surface area contributed by atoms with Crippen molar-refractivity contribution in [1.29, 1.82) is 0 Å². The summed E-state index contributed by atoms with van der Waals surface area (Å²) in [7, 11) is 0. The SMILES string of the molecule is CC1CN(C(=O)CCn2cnc3c(cnn3-c3ccccc3)c2=O)CC(C)O1. The van der Waals surface area contributed by atoms with Crippen molar-refractivity contribution in [3.63, 3.8) is 0 Å². The molecular formula is C20H23N5O3. The van der Waals surface area contributed by atoms with Crippen molar-refractivity contribution in [2.24, 2.45) is 0 Å². The van der Waals surface area contributed by atoms with Gasteiger partial charge in [0.05, 0.1) is 30.4 Å². The van der Waals surface area contributed by atoms with Gasteiger partial charge in [-0.15, -0.1) is 0 Å². The average Bonchev–Trinajstić information content (AvgIpc) is 3.12. The van der Waals surface area contributed by atoms with Gasteiger partial charge in [0.15, 0.2) is 5.65 Å². The van der Waals surface area contributed by atoms with Crippen molar-refractivity contribution >= 4 is 16.9 Å². The van der Waals surface area contributed by atoms with E-state index in [1.807, 2.05) is 49.1 Å². The molecule has 1 saturated heterocycles. The van der Waals surface area contributed by atoms with Crippen LogP contribution in [0.25, 0.3) is 16.7 Å². The van der Waals surface area contributed by atoms with Crippen LogP contribution in [0.1, 0.15) is 20.3 Å². The van der Waals surface area contributed by atoms with Crippen LogP contribution in [0.4, 0.5) is 0 Å².